The zero-order chi connectivity index (χ0) is 23.6. The number of unbranched alkanes of at least 4 members (excludes halogenated alkanes) is 1. The van der Waals surface area contributed by atoms with Gasteiger partial charge in [-0.15, -0.1) is 0 Å². The fraction of sp³-hybridized carbons (Fsp3) is 0.400. The van der Waals surface area contributed by atoms with Crippen molar-refractivity contribution in [1.82, 2.24) is 15.1 Å². The predicted octanol–water partition coefficient (Wildman–Crippen LogP) is 2.59. The van der Waals surface area contributed by atoms with Crippen molar-refractivity contribution in [3.8, 4) is 11.5 Å². The molecule has 1 aliphatic heterocycles. The molecule has 0 bridgehead atoms. The Morgan fingerprint density at radius 1 is 0.848 bits per heavy atom. The highest BCUT2D eigenvalue weighted by Crippen LogP contribution is 2.15. The van der Waals surface area contributed by atoms with Gasteiger partial charge >= 0.3 is 0 Å². The van der Waals surface area contributed by atoms with Gasteiger partial charge < -0.3 is 24.6 Å². The Labute approximate surface area is 194 Å². The van der Waals surface area contributed by atoms with E-state index in [1.165, 1.54) is 0 Å². The van der Waals surface area contributed by atoms with E-state index in [0.717, 1.165) is 18.6 Å². The number of rotatable bonds is 9. The maximum Gasteiger partial charge on any atom is 0.253 e. The van der Waals surface area contributed by atoms with Crippen molar-refractivity contribution in [2.24, 2.45) is 0 Å². The highest BCUT2D eigenvalue weighted by molar-refractivity contribution is 5.97. The number of hydrogen-bond donors (Lipinski definition) is 1. The van der Waals surface area contributed by atoms with Crippen molar-refractivity contribution in [1.29, 1.82) is 0 Å². The molecule has 0 radical (unpaired) electrons. The van der Waals surface area contributed by atoms with Gasteiger partial charge in [-0.2, -0.15) is 0 Å². The summed E-state index contributed by atoms with van der Waals surface area (Å²) in [5.41, 5.74) is 1.06. The fourth-order valence-electron chi connectivity index (χ4n) is 3.48. The Hall–Kier alpha value is -3.55. The molecule has 0 aliphatic carbocycles. The molecule has 3 rings (SSSR count). The largest absolute Gasteiger partial charge is 0.497 e. The van der Waals surface area contributed by atoms with Crippen molar-refractivity contribution in [2.75, 3.05) is 46.4 Å². The van der Waals surface area contributed by atoms with Gasteiger partial charge in [-0.3, -0.25) is 14.4 Å². The first kappa shape index (κ1) is 24.1. The van der Waals surface area contributed by atoms with Crippen LogP contribution in [0.2, 0.25) is 0 Å². The quantitative estimate of drug-likeness (QED) is 0.590. The molecule has 0 spiro atoms. The van der Waals surface area contributed by atoms with Crippen LogP contribution in [0.3, 0.4) is 0 Å². The molecule has 0 saturated carbocycles. The van der Waals surface area contributed by atoms with Crippen LogP contribution >= 0.6 is 0 Å². The Balaban J connectivity index is 1.42. The van der Waals surface area contributed by atoms with Crippen molar-refractivity contribution in [2.45, 2.75) is 19.8 Å². The first-order valence-corrected chi connectivity index (χ1v) is 11.2. The Bertz CT molecular complexity index is 936. The second-order valence-electron chi connectivity index (χ2n) is 7.81. The van der Waals surface area contributed by atoms with Crippen LogP contribution in [0, 0.1) is 0 Å². The lowest BCUT2D eigenvalue weighted by Crippen LogP contribution is -2.52. The minimum absolute atomic E-state index is 0.0693. The summed E-state index contributed by atoms with van der Waals surface area (Å²) in [7, 11) is 1.58. The Morgan fingerprint density at radius 2 is 1.42 bits per heavy atom. The monoisotopic (exact) mass is 453 g/mol. The first-order valence-electron chi connectivity index (χ1n) is 11.2. The molecule has 1 saturated heterocycles. The highest BCUT2D eigenvalue weighted by Gasteiger charge is 2.25. The fourth-order valence-corrected chi connectivity index (χ4v) is 3.48. The molecule has 0 atom stereocenters. The summed E-state index contributed by atoms with van der Waals surface area (Å²) in [6.07, 6.45) is 2.04. The third-order valence-corrected chi connectivity index (χ3v) is 5.54. The number of nitrogens with one attached hydrogen (secondary N) is 1. The predicted molar refractivity (Wildman–Crippen MR) is 125 cm³/mol. The SMILES string of the molecule is CCCCOc1ccc(C(=O)NCC(=O)N2CCN(C(=O)c3ccc(OC)cc3)CC2)cc1. The van der Waals surface area contributed by atoms with E-state index in [1.807, 2.05) is 0 Å². The molecule has 0 aromatic heterocycles. The van der Waals surface area contributed by atoms with E-state index < -0.39 is 0 Å². The van der Waals surface area contributed by atoms with Crippen LogP contribution < -0.4 is 14.8 Å². The van der Waals surface area contributed by atoms with Gasteiger partial charge in [0.25, 0.3) is 11.8 Å². The van der Waals surface area contributed by atoms with Crippen LogP contribution in [0.1, 0.15) is 40.5 Å². The summed E-state index contributed by atoms with van der Waals surface area (Å²) in [5.74, 6) is 0.870. The third kappa shape index (κ3) is 6.71. The number of methoxy groups -OCH3 is 1. The lowest BCUT2D eigenvalue weighted by molar-refractivity contribution is -0.131. The number of carbonyl (C=O) groups is 3. The van der Waals surface area contributed by atoms with Crippen molar-refractivity contribution in [3.05, 3.63) is 59.7 Å². The standard InChI is InChI=1S/C25H31N3O5/c1-3-4-17-33-22-11-5-19(6-12-22)24(30)26-18-23(29)27-13-15-28(16-14-27)25(31)20-7-9-21(32-2)10-8-20/h5-12H,3-4,13-18H2,1-2H3,(H,26,30). The topological polar surface area (TPSA) is 88.2 Å². The van der Waals surface area contributed by atoms with Crippen molar-refractivity contribution in [3.63, 3.8) is 0 Å². The molecule has 2 aromatic carbocycles. The van der Waals surface area contributed by atoms with Crippen LogP contribution in [0.4, 0.5) is 0 Å². The molecule has 1 N–H and O–H groups in total. The van der Waals surface area contributed by atoms with Gasteiger partial charge in [0.1, 0.15) is 11.5 Å². The number of ether oxygens (including phenoxy) is 2. The molecule has 8 nitrogen and oxygen atoms in total. The smallest absolute Gasteiger partial charge is 0.253 e. The van der Waals surface area contributed by atoms with Crippen LogP contribution in [-0.4, -0.2) is 74.0 Å². The van der Waals surface area contributed by atoms with Gasteiger partial charge in [0, 0.05) is 37.3 Å². The molecule has 33 heavy (non-hydrogen) atoms. The molecule has 1 fully saturated rings. The molecule has 8 heteroatoms. The summed E-state index contributed by atoms with van der Waals surface area (Å²) >= 11 is 0. The van der Waals surface area contributed by atoms with Crippen molar-refractivity contribution < 1.29 is 23.9 Å². The second kappa shape index (κ2) is 11.9. The van der Waals surface area contributed by atoms with Gasteiger partial charge in [-0.25, -0.2) is 0 Å². The van der Waals surface area contributed by atoms with Gasteiger partial charge in [0.2, 0.25) is 5.91 Å². The zero-order valence-corrected chi connectivity index (χ0v) is 19.2. The number of hydrogen-bond acceptors (Lipinski definition) is 5. The Kier molecular flexibility index (Phi) is 8.69. The van der Waals surface area contributed by atoms with Gasteiger partial charge in [-0.1, -0.05) is 13.3 Å². The highest BCUT2D eigenvalue weighted by atomic mass is 16.5. The van der Waals surface area contributed by atoms with E-state index in [-0.39, 0.29) is 24.3 Å². The van der Waals surface area contributed by atoms with E-state index >= 15 is 0 Å². The number of amides is 3. The van der Waals surface area contributed by atoms with Gasteiger partial charge in [0.15, 0.2) is 0 Å². The second-order valence-corrected chi connectivity index (χ2v) is 7.81. The van der Waals surface area contributed by atoms with Crippen LogP contribution in [0.15, 0.2) is 48.5 Å². The number of benzene rings is 2. The molecular formula is C25H31N3O5. The minimum Gasteiger partial charge on any atom is -0.497 e. The van der Waals surface area contributed by atoms with E-state index in [1.54, 1.807) is 65.4 Å². The molecule has 1 aliphatic rings. The lowest BCUT2D eigenvalue weighted by atomic mass is 10.1. The van der Waals surface area contributed by atoms with Crippen LogP contribution in [0.25, 0.3) is 0 Å². The van der Waals surface area contributed by atoms with E-state index in [0.29, 0.717) is 49.7 Å². The van der Waals surface area contributed by atoms with Gasteiger partial charge in [-0.05, 0) is 55.0 Å². The zero-order valence-electron chi connectivity index (χ0n) is 19.2. The summed E-state index contributed by atoms with van der Waals surface area (Å²) in [5, 5.41) is 2.68. The third-order valence-electron chi connectivity index (χ3n) is 5.54. The maximum atomic E-state index is 12.7. The van der Waals surface area contributed by atoms with E-state index in [2.05, 4.69) is 12.2 Å². The van der Waals surface area contributed by atoms with Crippen LogP contribution in [-0.2, 0) is 4.79 Å². The summed E-state index contributed by atoms with van der Waals surface area (Å²) in [4.78, 5) is 40.9. The minimum atomic E-state index is -0.309. The molecular weight excluding hydrogens is 422 g/mol. The van der Waals surface area contributed by atoms with Crippen LogP contribution in [0.5, 0.6) is 11.5 Å². The lowest BCUT2D eigenvalue weighted by Gasteiger charge is -2.34. The summed E-state index contributed by atoms with van der Waals surface area (Å²) in [6.45, 7) is 4.42. The number of piperazine rings is 1. The Morgan fingerprint density at radius 3 is 2.03 bits per heavy atom. The van der Waals surface area contributed by atoms with Crippen molar-refractivity contribution >= 4 is 17.7 Å². The average Bonchev–Trinajstić information content (AvgIpc) is 2.87. The summed E-state index contributed by atoms with van der Waals surface area (Å²) < 4.78 is 10.7. The van der Waals surface area contributed by atoms with Gasteiger partial charge in [0.05, 0.1) is 20.3 Å². The van der Waals surface area contributed by atoms with E-state index in [9.17, 15) is 14.4 Å². The first-order chi connectivity index (χ1) is 16.0. The molecule has 176 valence electrons. The number of carbonyl (C=O) groups excluding carboxylic acids is 3. The molecule has 1 heterocycles. The molecule has 2 aromatic rings. The maximum absolute atomic E-state index is 12.7. The summed E-state index contributed by atoms with van der Waals surface area (Å²) in [6, 6.07) is 13.9. The number of nitrogens with zero attached hydrogens (tertiary/aromatic N) is 2. The normalized spacial score (nSPS) is 13.4. The molecule has 3 amide bonds. The molecule has 0 unspecified atom stereocenters. The van der Waals surface area contributed by atoms with E-state index in [4.69, 9.17) is 9.47 Å². The average molecular weight is 454 g/mol.